The third-order valence-electron chi connectivity index (χ3n) is 12.5. The van der Waals surface area contributed by atoms with Gasteiger partial charge in [0.2, 0.25) is 0 Å². The van der Waals surface area contributed by atoms with Gasteiger partial charge in [-0.2, -0.15) is 13.2 Å². The van der Waals surface area contributed by atoms with E-state index in [1.165, 1.54) is 73.3 Å². The molecule has 0 unspecified atom stereocenters. The third kappa shape index (κ3) is 14.4. The SMILES string of the molecule is CC1(C)CCC(c2ccc(Cl)cc2)=C(CN2CCN(c3ccc(C(=O)NSc4ccc(NCCSc5ccccc5)c(S(=O)(=O)C(F)(F)F)c4)cc3)CC2)C1.CCN1CCN(C(C)C)CC1. The van der Waals surface area contributed by atoms with E-state index in [1.54, 1.807) is 12.1 Å². The van der Waals surface area contributed by atoms with Crippen molar-refractivity contribution in [1.29, 1.82) is 0 Å². The molecular weight excluding hydrogens is 921 g/mol. The summed E-state index contributed by atoms with van der Waals surface area (Å²) in [6.07, 6.45) is 3.28. The average Bonchev–Trinajstić information content (AvgIpc) is 3.30. The van der Waals surface area contributed by atoms with Crippen molar-refractivity contribution in [2.75, 3.05) is 88.0 Å². The summed E-state index contributed by atoms with van der Waals surface area (Å²) in [4.78, 5) is 23.2. The second-order valence-electron chi connectivity index (χ2n) is 18.0. The molecule has 0 bridgehead atoms. The molecule has 0 spiro atoms. The first-order valence-electron chi connectivity index (χ1n) is 22.8. The molecule has 7 rings (SSSR count). The molecule has 16 heteroatoms. The lowest BCUT2D eigenvalue weighted by Crippen LogP contribution is -2.48. The van der Waals surface area contributed by atoms with Crippen molar-refractivity contribution in [3.63, 3.8) is 0 Å². The summed E-state index contributed by atoms with van der Waals surface area (Å²) in [5.74, 6) is 0.0441. The molecular formula is C50H64ClF3N6O3S3. The number of allylic oxidation sites excluding steroid dienone is 1. The first-order valence-corrected chi connectivity index (χ1v) is 26.4. The molecule has 4 aromatic carbocycles. The van der Waals surface area contributed by atoms with Crippen LogP contribution in [0.15, 0.2) is 117 Å². The van der Waals surface area contributed by atoms with E-state index >= 15 is 0 Å². The maximum Gasteiger partial charge on any atom is 0.501 e. The van der Waals surface area contributed by atoms with Crippen molar-refractivity contribution in [2.24, 2.45) is 5.41 Å². The average molecular weight is 986 g/mol. The van der Waals surface area contributed by atoms with Gasteiger partial charge in [-0.3, -0.25) is 19.3 Å². The van der Waals surface area contributed by atoms with Gasteiger partial charge >= 0.3 is 5.51 Å². The lowest BCUT2D eigenvalue weighted by molar-refractivity contribution is -0.0435. The molecule has 0 atom stereocenters. The maximum absolute atomic E-state index is 13.7. The number of nitrogens with one attached hydrogen (secondary N) is 2. The van der Waals surface area contributed by atoms with Crippen molar-refractivity contribution in [2.45, 2.75) is 80.1 Å². The van der Waals surface area contributed by atoms with Crippen molar-refractivity contribution in [3.8, 4) is 0 Å². The molecule has 2 N–H and O–H groups in total. The van der Waals surface area contributed by atoms with E-state index in [1.807, 2.05) is 54.6 Å². The largest absolute Gasteiger partial charge is 0.501 e. The number of thioether (sulfide) groups is 1. The molecule has 1 aliphatic carbocycles. The Bertz CT molecular complexity index is 2340. The number of nitrogens with zero attached hydrogens (tertiary/aromatic N) is 4. The molecule has 2 aliphatic heterocycles. The summed E-state index contributed by atoms with van der Waals surface area (Å²) in [7, 11) is -5.67. The Hall–Kier alpha value is -3.70. The Morgan fingerprint density at radius 1 is 0.833 bits per heavy atom. The van der Waals surface area contributed by atoms with Crippen LogP contribution in [0.1, 0.15) is 69.8 Å². The number of amides is 1. The predicted octanol–water partition coefficient (Wildman–Crippen LogP) is 11.1. The van der Waals surface area contributed by atoms with Gasteiger partial charge in [-0.15, -0.1) is 11.8 Å². The molecule has 0 saturated carbocycles. The Morgan fingerprint density at radius 3 is 2.11 bits per heavy atom. The van der Waals surface area contributed by atoms with Gasteiger partial charge in [0.25, 0.3) is 15.7 Å². The van der Waals surface area contributed by atoms with Crippen LogP contribution in [0.3, 0.4) is 0 Å². The summed E-state index contributed by atoms with van der Waals surface area (Å²) in [6, 6.07) is 29.3. The van der Waals surface area contributed by atoms with E-state index < -0.39 is 26.1 Å². The van der Waals surface area contributed by atoms with E-state index in [2.05, 4.69) is 76.4 Å². The van der Waals surface area contributed by atoms with Gasteiger partial charge in [0.05, 0.1) is 5.69 Å². The van der Waals surface area contributed by atoms with Crippen LogP contribution in [0.2, 0.25) is 5.02 Å². The second kappa shape index (κ2) is 23.5. The molecule has 3 aliphatic rings. The summed E-state index contributed by atoms with van der Waals surface area (Å²) in [5.41, 5.74) is 0.177. The molecule has 9 nitrogen and oxygen atoms in total. The van der Waals surface area contributed by atoms with Crippen LogP contribution in [-0.4, -0.2) is 118 Å². The molecule has 66 heavy (non-hydrogen) atoms. The monoisotopic (exact) mass is 984 g/mol. The maximum atomic E-state index is 13.7. The number of sulfone groups is 1. The van der Waals surface area contributed by atoms with Gasteiger partial charge in [0.15, 0.2) is 0 Å². The summed E-state index contributed by atoms with van der Waals surface area (Å²) in [6.45, 7) is 22.4. The van der Waals surface area contributed by atoms with E-state index in [0.29, 0.717) is 11.3 Å². The number of likely N-dealkylation sites (N-methyl/N-ethyl adjacent to an activating group) is 1. The lowest BCUT2D eigenvalue weighted by atomic mass is 9.73. The number of piperazine rings is 2. The first kappa shape index (κ1) is 51.7. The van der Waals surface area contributed by atoms with Crippen molar-refractivity contribution < 1.29 is 26.4 Å². The van der Waals surface area contributed by atoms with E-state index in [-0.39, 0.29) is 22.5 Å². The van der Waals surface area contributed by atoms with Gasteiger partial charge in [-0.25, -0.2) is 8.42 Å². The zero-order valence-corrected chi connectivity index (χ0v) is 41.9. The number of alkyl halides is 3. The quantitative estimate of drug-likeness (QED) is 0.0682. The number of hydrogen-bond acceptors (Lipinski definition) is 10. The lowest BCUT2D eigenvalue weighted by Gasteiger charge is -2.39. The molecule has 0 aromatic heterocycles. The molecule has 2 saturated heterocycles. The van der Waals surface area contributed by atoms with Crippen LogP contribution < -0.4 is 14.9 Å². The molecule has 2 heterocycles. The Kier molecular flexibility index (Phi) is 18.4. The van der Waals surface area contributed by atoms with Gasteiger partial charge in [0, 0.05) is 103 Å². The highest BCUT2D eigenvalue weighted by Crippen LogP contribution is 2.43. The fraction of sp³-hybridized carbons (Fsp3) is 0.460. The van der Waals surface area contributed by atoms with Gasteiger partial charge in [0.1, 0.15) is 4.90 Å². The Labute approximate surface area is 403 Å². The molecule has 4 aromatic rings. The number of carbonyl (C=O) groups is 1. The third-order valence-corrected chi connectivity index (χ3v) is 16.0. The van der Waals surface area contributed by atoms with Gasteiger partial charge < -0.3 is 15.1 Å². The minimum atomic E-state index is -5.67. The first-order chi connectivity index (χ1) is 31.4. The fourth-order valence-electron chi connectivity index (χ4n) is 8.51. The normalized spacial score (nSPS) is 17.6. The number of halogens is 4. The number of carbonyl (C=O) groups excluding carboxylic acids is 1. The second-order valence-corrected chi connectivity index (χ2v) is 22.4. The molecule has 0 radical (unpaired) electrons. The number of hydrogen-bond donors (Lipinski definition) is 2. The highest BCUT2D eigenvalue weighted by molar-refractivity contribution is 7.99. The standard InChI is InChI=1S/C41H44ClF3N4O3S3.C9H20N2/c1-40(2)19-18-36(29-8-12-32(42)13-9-29)31(27-40)28-48-21-23-49(24-22-48)33-14-10-30(11-15-33)39(50)47-54-35-16-17-37(38(26-35)55(51,52)41(43,44)45)46-20-25-53-34-6-4-3-5-7-34;1-4-10-5-7-11(8-6-10)9(2)3/h3-17,26,46H,18-25,27-28H2,1-2H3,(H,47,50);9H,4-8H2,1-3H3. The predicted molar refractivity (Wildman–Crippen MR) is 269 cm³/mol. The number of anilines is 2. The molecule has 358 valence electrons. The number of rotatable bonds is 15. The van der Waals surface area contributed by atoms with Crippen molar-refractivity contribution in [1.82, 2.24) is 19.4 Å². The summed E-state index contributed by atoms with van der Waals surface area (Å²) < 4.78 is 68.7. The Morgan fingerprint density at radius 2 is 1.48 bits per heavy atom. The summed E-state index contributed by atoms with van der Waals surface area (Å²) in [5, 5.41) is 3.58. The highest BCUT2D eigenvalue weighted by Gasteiger charge is 2.48. The van der Waals surface area contributed by atoms with Crippen LogP contribution in [0.5, 0.6) is 0 Å². The zero-order chi connectivity index (χ0) is 47.5. The van der Waals surface area contributed by atoms with Gasteiger partial charge in [-0.05, 0) is 135 Å². The minimum Gasteiger partial charge on any atom is -0.383 e. The van der Waals surface area contributed by atoms with Crippen molar-refractivity contribution >= 4 is 68.0 Å². The molecule has 1 amide bonds. The van der Waals surface area contributed by atoms with E-state index in [0.717, 1.165) is 91.6 Å². The van der Waals surface area contributed by atoms with E-state index in [4.69, 9.17) is 11.6 Å². The summed E-state index contributed by atoms with van der Waals surface area (Å²) >= 11 is 8.42. The zero-order valence-electron chi connectivity index (χ0n) is 38.7. The van der Waals surface area contributed by atoms with Crippen LogP contribution in [-0.2, 0) is 9.84 Å². The molecule has 2 fully saturated rings. The van der Waals surface area contributed by atoms with E-state index in [9.17, 15) is 26.4 Å². The van der Waals surface area contributed by atoms with Crippen LogP contribution >= 0.6 is 35.3 Å². The Balaban J connectivity index is 0.000000574. The fourth-order valence-corrected chi connectivity index (χ4v) is 11.1. The van der Waals surface area contributed by atoms with Crippen LogP contribution in [0, 0.1) is 5.41 Å². The highest BCUT2D eigenvalue weighted by atomic mass is 35.5. The van der Waals surface area contributed by atoms with Crippen LogP contribution in [0.25, 0.3) is 5.57 Å². The minimum absolute atomic E-state index is 0.141. The van der Waals surface area contributed by atoms with Crippen LogP contribution in [0.4, 0.5) is 24.5 Å². The van der Waals surface area contributed by atoms with Crippen molar-refractivity contribution in [3.05, 3.63) is 119 Å². The number of benzene rings is 4. The van der Waals surface area contributed by atoms with Gasteiger partial charge in [-0.1, -0.05) is 68.3 Å². The smallest absolute Gasteiger partial charge is 0.383 e. The topological polar surface area (TPSA) is 88.2 Å².